The number of phenolic OH excluding ortho intramolecular Hbond substituents is 1. The van der Waals surface area contributed by atoms with E-state index in [1.807, 2.05) is 18.2 Å². The number of rotatable bonds is 1. The maximum atomic E-state index is 9.41. The summed E-state index contributed by atoms with van der Waals surface area (Å²) in [6.07, 6.45) is 3.42. The van der Waals surface area contributed by atoms with Gasteiger partial charge in [0.25, 0.3) is 0 Å². The van der Waals surface area contributed by atoms with Crippen LogP contribution in [0.1, 0.15) is 0 Å². The molecular formula is C11H8ClNO. The van der Waals surface area contributed by atoms with Gasteiger partial charge in [0.1, 0.15) is 5.75 Å². The monoisotopic (exact) mass is 205 g/mol. The summed E-state index contributed by atoms with van der Waals surface area (Å²) in [6.45, 7) is 0. The zero-order chi connectivity index (χ0) is 9.97. The summed E-state index contributed by atoms with van der Waals surface area (Å²) in [6, 6.07) is 8.92. The maximum Gasteiger partial charge on any atom is 0.134 e. The molecule has 0 radical (unpaired) electrons. The lowest BCUT2D eigenvalue weighted by Gasteiger charge is -2.02. The fourth-order valence-electron chi connectivity index (χ4n) is 1.24. The molecule has 0 aliphatic heterocycles. The molecule has 2 nitrogen and oxygen atoms in total. The van der Waals surface area contributed by atoms with E-state index in [1.165, 1.54) is 0 Å². The Morgan fingerprint density at radius 2 is 1.71 bits per heavy atom. The molecule has 0 saturated heterocycles. The van der Waals surface area contributed by atoms with Crippen molar-refractivity contribution in [1.82, 2.24) is 4.98 Å². The predicted octanol–water partition coefficient (Wildman–Crippen LogP) is 3.11. The van der Waals surface area contributed by atoms with Crippen LogP contribution in [0, 0.1) is 0 Å². The fourth-order valence-corrected chi connectivity index (χ4v) is 1.35. The highest BCUT2D eigenvalue weighted by Gasteiger charge is 2.01. The smallest absolute Gasteiger partial charge is 0.134 e. The van der Waals surface area contributed by atoms with Crippen molar-refractivity contribution in [2.45, 2.75) is 0 Å². The normalized spacial score (nSPS) is 10.1. The molecule has 70 valence electrons. The zero-order valence-corrected chi connectivity index (χ0v) is 8.07. The van der Waals surface area contributed by atoms with Crippen LogP contribution in [-0.4, -0.2) is 10.1 Å². The van der Waals surface area contributed by atoms with Gasteiger partial charge in [0, 0.05) is 12.4 Å². The van der Waals surface area contributed by atoms with E-state index in [-0.39, 0.29) is 5.75 Å². The molecule has 3 heteroatoms. The Morgan fingerprint density at radius 3 is 2.36 bits per heavy atom. The number of hydrogen-bond donors (Lipinski definition) is 1. The van der Waals surface area contributed by atoms with Crippen LogP contribution >= 0.6 is 11.6 Å². The van der Waals surface area contributed by atoms with Gasteiger partial charge in [-0.3, -0.25) is 4.98 Å². The van der Waals surface area contributed by atoms with Crippen molar-refractivity contribution in [3.05, 3.63) is 47.7 Å². The first-order chi connectivity index (χ1) is 6.77. The van der Waals surface area contributed by atoms with Crippen LogP contribution in [0.3, 0.4) is 0 Å². The topological polar surface area (TPSA) is 33.1 Å². The number of halogens is 1. The zero-order valence-electron chi connectivity index (χ0n) is 7.31. The Labute approximate surface area is 86.8 Å². The van der Waals surface area contributed by atoms with Gasteiger partial charge in [0.05, 0.1) is 5.02 Å². The third kappa shape index (κ3) is 1.70. The van der Waals surface area contributed by atoms with Crippen molar-refractivity contribution in [1.29, 1.82) is 0 Å². The molecule has 0 aliphatic rings. The Kier molecular flexibility index (Phi) is 2.37. The van der Waals surface area contributed by atoms with Crippen molar-refractivity contribution in [3.63, 3.8) is 0 Å². The van der Waals surface area contributed by atoms with Crippen molar-refractivity contribution in [2.75, 3.05) is 0 Å². The molecular weight excluding hydrogens is 198 g/mol. The summed E-state index contributed by atoms with van der Waals surface area (Å²) in [5.74, 6) is 0.0981. The molecule has 0 amide bonds. The molecule has 0 aliphatic carbocycles. The largest absolute Gasteiger partial charge is 0.506 e. The highest BCUT2D eigenvalue weighted by atomic mass is 35.5. The van der Waals surface area contributed by atoms with E-state index in [1.54, 1.807) is 24.5 Å². The molecule has 0 bridgehead atoms. The van der Waals surface area contributed by atoms with Crippen LogP contribution in [-0.2, 0) is 0 Å². The highest BCUT2D eigenvalue weighted by Crippen LogP contribution is 2.28. The second-order valence-electron chi connectivity index (χ2n) is 2.90. The molecule has 14 heavy (non-hydrogen) atoms. The third-order valence-corrected chi connectivity index (χ3v) is 2.28. The number of nitrogens with zero attached hydrogens (tertiary/aromatic N) is 1. The summed E-state index contributed by atoms with van der Waals surface area (Å²) < 4.78 is 0. The average molecular weight is 206 g/mol. The van der Waals surface area contributed by atoms with Gasteiger partial charge in [-0.25, -0.2) is 0 Å². The van der Waals surface area contributed by atoms with E-state index in [9.17, 15) is 5.11 Å². The van der Waals surface area contributed by atoms with Gasteiger partial charge in [-0.05, 0) is 35.4 Å². The summed E-state index contributed by atoms with van der Waals surface area (Å²) in [5.41, 5.74) is 1.93. The van der Waals surface area contributed by atoms with Crippen molar-refractivity contribution in [2.24, 2.45) is 0 Å². The van der Waals surface area contributed by atoms with E-state index >= 15 is 0 Å². The molecule has 0 fully saturated rings. The molecule has 0 atom stereocenters. The van der Waals surface area contributed by atoms with Gasteiger partial charge in [-0.15, -0.1) is 0 Å². The number of aromatic nitrogens is 1. The molecule has 0 saturated carbocycles. The van der Waals surface area contributed by atoms with Crippen LogP contribution < -0.4 is 0 Å². The summed E-state index contributed by atoms with van der Waals surface area (Å²) in [7, 11) is 0. The Morgan fingerprint density at radius 1 is 1.00 bits per heavy atom. The van der Waals surface area contributed by atoms with Crippen molar-refractivity contribution in [3.8, 4) is 16.9 Å². The van der Waals surface area contributed by atoms with E-state index in [0.717, 1.165) is 11.1 Å². The van der Waals surface area contributed by atoms with E-state index in [0.29, 0.717) is 5.02 Å². The van der Waals surface area contributed by atoms with Gasteiger partial charge < -0.3 is 5.11 Å². The maximum absolute atomic E-state index is 9.41. The highest BCUT2D eigenvalue weighted by molar-refractivity contribution is 6.32. The minimum atomic E-state index is 0.0981. The Balaban J connectivity index is 2.48. The quantitative estimate of drug-likeness (QED) is 0.776. The number of benzene rings is 1. The molecule has 1 N–H and O–H groups in total. The number of hydrogen-bond acceptors (Lipinski definition) is 2. The molecule has 1 heterocycles. The minimum absolute atomic E-state index is 0.0981. The Hall–Kier alpha value is -1.54. The standard InChI is InChI=1S/C11H8ClNO/c12-10-2-1-9(7-11(10)14)8-3-5-13-6-4-8/h1-7,14H. The van der Waals surface area contributed by atoms with Crippen LogP contribution in [0.5, 0.6) is 5.75 Å². The lowest BCUT2D eigenvalue weighted by molar-refractivity contribution is 0.476. The van der Waals surface area contributed by atoms with E-state index < -0.39 is 0 Å². The second kappa shape index (κ2) is 3.68. The van der Waals surface area contributed by atoms with Crippen molar-refractivity contribution >= 4 is 11.6 Å². The van der Waals surface area contributed by atoms with Crippen molar-refractivity contribution < 1.29 is 5.11 Å². The van der Waals surface area contributed by atoms with Crippen LogP contribution in [0.25, 0.3) is 11.1 Å². The first-order valence-electron chi connectivity index (χ1n) is 4.16. The number of aromatic hydroxyl groups is 1. The van der Waals surface area contributed by atoms with Gasteiger partial charge in [0.2, 0.25) is 0 Å². The first-order valence-corrected chi connectivity index (χ1v) is 4.54. The summed E-state index contributed by atoms with van der Waals surface area (Å²) >= 11 is 5.71. The molecule has 1 aromatic heterocycles. The van der Waals surface area contributed by atoms with Crippen LogP contribution in [0.4, 0.5) is 0 Å². The number of pyridine rings is 1. The van der Waals surface area contributed by atoms with Gasteiger partial charge in [0.15, 0.2) is 0 Å². The Bertz CT molecular complexity index is 442. The third-order valence-electron chi connectivity index (χ3n) is 1.96. The van der Waals surface area contributed by atoms with Gasteiger partial charge in [-0.2, -0.15) is 0 Å². The van der Waals surface area contributed by atoms with Crippen LogP contribution in [0.2, 0.25) is 5.02 Å². The first kappa shape index (κ1) is 9.03. The molecule has 2 aromatic rings. The lowest BCUT2D eigenvalue weighted by Crippen LogP contribution is -1.78. The van der Waals surface area contributed by atoms with Crippen LogP contribution in [0.15, 0.2) is 42.7 Å². The number of phenols is 1. The fraction of sp³-hybridized carbons (Fsp3) is 0. The van der Waals surface area contributed by atoms with Gasteiger partial charge in [-0.1, -0.05) is 17.7 Å². The predicted molar refractivity (Wildman–Crippen MR) is 56.3 cm³/mol. The summed E-state index contributed by atoms with van der Waals surface area (Å²) in [5, 5.41) is 9.78. The molecule has 0 spiro atoms. The average Bonchev–Trinajstić information content (AvgIpc) is 2.23. The lowest BCUT2D eigenvalue weighted by atomic mass is 10.1. The van der Waals surface area contributed by atoms with E-state index in [4.69, 9.17) is 11.6 Å². The molecule has 2 rings (SSSR count). The molecule has 0 unspecified atom stereocenters. The molecule has 1 aromatic carbocycles. The van der Waals surface area contributed by atoms with E-state index in [2.05, 4.69) is 4.98 Å². The second-order valence-corrected chi connectivity index (χ2v) is 3.31. The SMILES string of the molecule is Oc1cc(-c2ccncc2)ccc1Cl. The minimum Gasteiger partial charge on any atom is -0.506 e. The summed E-state index contributed by atoms with van der Waals surface area (Å²) in [4.78, 5) is 3.92. The van der Waals surface area contributed by atoms with Gasteiger partial charge >= 0.3 is 0 Å².